The molecule has 0 N–H and O–H groups in total. The molecule has 0 aliphatic heterocycles. The van der Waals surface area contributed by atoms with E-state index in [1.165, 1.54) is 6.07 Å². The minimum atomic E-state index is -3.93. The second kappa shape index (κ2) is 10.8. The van der Waals surface area contributed by atoms with Gasteiger partial charge in [0, 0.05) is 5.41 Å². The highest BCUT2D eigenvalue weighted by Gasteiger charge is 2.24. The van der Waals surface area contributed by atoms with E-state index in [1.54, 1.807) is 61.5 Å². The van der Waals surface area contributed by atoms with Gasteiger partial charge in [-0.3, -0.25) is 0 Å². The Hall–Kier alpha value is -3.62. The Kier molecular flexibility index (Phi) is 7.71. The highest BCUT2D eigenvalue weighted by atomic mass is 32.2. The first kappa shape index (κ1) is 26.4. The van der Waals surface area contributed by atoms with Gasteiger partial charge < -0.3 is 12.5 Å². The third kappa shape index (κ3) is 6.21. The van der Waals surface area contributed by atoms with E-state index in [1.807, 2.05) is 43.3 Å². The van der Waals surface area contributed by atoms with Crippen molar-refractivity contribution in [2.45, 2.75) is 38.0 Å². The van der Waals surface area contributed by atoms with Gasteiger partial charge in [-0.1, -0.05) is 74.5 Å². The van der Waals surface area contributed by atoms with Gasteiger partial charge in [0.25, 0.3) is 0 Å². The second-order valence-electron chi connectivity index (χ2n) is 9.11. The topological polar surface area (TPSA) is 78.9 Å². The number of hydrogen-bond donors (Lipinski definition) is 0. The van der Waals surface area contributed by atoms with Crippen LogP contribution in [0.2, 0.25) is 0 Å². The summed E-state index contributed by atoms with van der Waals surface area (Å²) in [6.07, 6.45) is 0. The average molecular weight is 537 g/mol. The summed E-state index contributed by atoms with van der Waals surface area (Å²) in [5.41, 5.74) is 3.04. The number of aryl methyl sites for hydroxylation is 2. The van der Waals surface area contributed by atoms with E-state index in [9.17, 15) is 12.6 Å². The van der Waals surface area contributed by atoms with Crippen molar-refractivity contribution in [3.8, 4) is 17.2 Å². The van der Waals surface area contributed by atoms with E-state index in [0.717, 1.165) is 16.7 Å². The smallest absolute Gasteiger partial charge is 0.379 e. The van der Waals surface area contributed by atoms with Crippen LogP contribution >= 0.6 is 0 Å². The van der Waals surface area contributed by atoms with Crippen molar-refractivity contribution >= 4 is 21.5 Å². The van der Waals surface area contributed by atoms with E-state index in [4.69, 9.17) is 12.5 Å². The molecule has 1 unspecified atom stereocenters. The third-order valence-electron chi connectivity index (χ3n) is 6.14. The normalized spacial score (nSPS) is 12.5. The van der Waals surface area contributed by atoms with Gasteiger partial charge in [0.15, 0.2) is 0 Å². The van der Waals surface area contributed by atoms with Gasteiger partial charge in [0.05, 0.1) is 0 Å². The van der Waals surface area contributed by atoms with Gasteiger partial charge in [0.1, 0.15) is 22.1 Å². The number of hydrogen-bond acceptors (Lipinski definition) is 6. The Labute approximate surface area is 220 Å². The third-order valence-corrected chi connectivity index (χ3v) is 8.19. The quantitative estimate of drug-likeness (QED) is 0.229. The molecule has 0 heterocycles. The van der Waals surface area contributed by atoms with Crippen LogP contribution in [-0.4, -0.2) is 12.6 Å². The molecule has 0 aliphatic rings. The second-order valence-corrected chi connectivity index (χ2v) is 11.4. The summed E-state index contributed by atoms with van der Waals surface area (Å²) in [5.74, 6) is 1.15. The SMILES string of the molecule is Cc1ccccc1OS(=O)Oc1ccc(C(C)(C)c2ccc(OS(=O)(=O)c3ccccc3C)cc2)cc1. The molecular weight excluding hydrogens is 508 g/mol. The lowest BCUT2D eigenvalue weighted by atomic mass is 9.78. The molecule has 4 rings (SSSR count). The molecule has 6 nitrogen and oxygen atoms in total. The van der Waals surface area contributed by atoms with Crippen molar-refractivity contribution in [2.24, 2.45) is 0 Å². The van der Waals surface area contributed by atoms with Crippen LogP contribution < -0.4 is 12.5 Å². The average Bonchev–Trinajstić information content (AvgIpc) is 2.86. The van der Waals surface area contributed by atoms with Crippen molar-refractivity contribution in [2.75, 3.05) is 0 Å². The van der Waals surface area contributed by atoms with Crippen molar-refractivity contribution in [3.05, 3.63) is 119 Å². The van der Waals surface area contributed by atoms with Crippen LogP contribution in [0.3, 0.4) is 0 Å². The molecule has 0 saturated carbocycles. The Morgan fingerprint density at radius 2 is 1.16 bits per heavy atom. The highest BCUT2D eigenvalue weighted by Crippen LogP contribution is 2.34. The minimum Gasteiger partial charge on any atom is -0.379 e. The Morgan fingerprint density at radius 1 is 0.649 bits per heavy atom. The van der Waals surface area contributed by atoms with Gasteiger partial charge in [-0.25, -0.2) is 0 Å². The van der Waals surface area contributed by atoms with Crippen molar-refractivity contribution in [1.29, 1.82) is 0 Å². The monoisotopic (exact) mass is 536 g/mol. The highest BCUT2D eigenvalue weighted by molar-refractivity contribution is 7.87. The van der Waals surface area contributed by atoms with Crippen molar-refractivity contribution < 1.29 is 25.2 Å². The molecule has 1 atom stereocenters. The van der Waals surface area contributed by atoms with Crippen LogP contribution in [0.25, 0.3) is 0 Å². The van der Waals surface area contributed by atoms with Gasteiger partial charge in [-0.15, -0.1) is 0 Å². The molecule has 0 spiro atoms. The first-order chi connectivity index (χ1) is 17.6. The predicted octanol–water partition coefficient (Wildman–Crippen LogP) is 6.43. The maximum Gasteiger partial charge on any atom is 0.417 e. The lowest BCUT2D eigenvalue weighted by Crippen LogP contribution is -2.19. The molecule has 0 amide bonds. The summed E-state index contributed by atoms with van der Waals surface area (Å²) in [4.78, 5) is 0.145. The zero-order valence-electron chi connectivity index (χ0n) is 21.0. The zero-order chi connectivity index (χ0) is 26.6. The summed E-state index contributed by atoms with van der Waals surface area (Å²) in [7, 11) is -3.93. The van der Waals surface area contributed by atoms with Gasteiger partial charge >= 0.3 is 21.5 Å². The number of rotatable bonds is 9. The summed E-state index contributed by atoms with van der Waals surface area (Å²) in [6, 6.07) is 28.2. The number of benzene rings is 4. The maximum absolute atomic E-state index is 12.7. The molecule has 0 fully saturated rings. The predicted molar refractivity (Wildman–Crippen MR) is 145 cm³/mol. The largest absolute Gasteiger partial charge is 0.417 e. The fraction of sp³-hybridized carbons (Fsp3) is 0.172. The summed E-state index contributed by atoms with van der Waals surface area (Å²) in [5, 5.41) is 0. The van der Waals surface area contributed by atoms with E-state index in [2.05, 4.69) is 13.8 Å². The summed E-state index contributed by atoms with van der Waals surface area (Å²) < 4.78 is 53.8. The molecule has 0 aromatic heterocycles. The molecule has 0 saturated heterocycles. The summed E-state index contributed by atoms with van der Waals surface area (Å²) in [6.45, 7) is 7.71. The van der Waals surface area contributed by atoms with Crippen molar-refractivity contribution in [3.63, 3.8) is 0 Å². The van der Waals surface area contributed by atoms with Crippen LogP contribution in [0.1, 0.15) is 36.1 Å². The van der Waals surface area contributed by atoms with E-state index < -0.39 is 26.9 Å². The van der Waals surface area contributed by atoms with E-state index >= 15 is 0 Å². The van der Waals surface area contributed by atoms with Crippen LogP contribution in [0.15, 0.2) is 102 Å². The molecule has 0 bridgehead atoms. The molecule has 4 aromatic carbocycles. The Morgan fingerprint density at radius 3 is 1.73 bits per heavy atom. The fourth-order valence-corrected chi connectivity index (χ4v) is 5.65. The molecule has 37 heavy (non-hydrogen) atoms. The molecule has 192 valence electrons. The molecule has 0 radical (unpaired) electrons. The lowest BCUT2D eigenvalue weighted by Gasteiger charge is -2.26. The zero-order valence-corrected chi connectivity index (χ0v) is 22.6. The molecule has 8 heteroatoms. The van der Waals surface area contributed by atoms with Crippen LogP contribution in [0.4, 0.5) is 0 Å². The van der Waals surface area contributed by atoms with Gasteiger partial charge in [-0.2, -0.15) is 12.6 Å². The molecule has 4 aromatic rings. The maximum atomic E-state index is 12.7. The Balaban J connectivity index is 1.44. The van der Waals surface area contributed by atoms with E-state index in [0.29, 0.717) is 17.1 Å². The summed E-state index contributed by atoms with van der Waals surface area (Å²) >= 11 is -1.99. The fourth-order valence-electron chi connectivity index (χ4n) is 3.85. The molecular formula is C29H28O6S2. The standard InChI is InChI=1S/C29H28O6S2/c1-21-9-5-7-11-27(21)34-36(30)33-25-17-13-23(14-18-25)29(3,4)24-15-19-26(20-16-24)35-37(31,32)28-12-8-6-10-22(28)2/h5-20H,1-4H3. The van der Waals surface area contributed by atoms with Crippen LogP contribution in [0.5, 0.6) is 17.2 Å². The van der Waals surface area contributed by atoms with E-state index in [-0.39, 0.29) is 10.6 Å². The lowest BCUT2D eigenvalue weighted by molar-refractivity contribution is 0.460. The van der Waals surface area contributed by atoms with Crippen LogP contribution in [0, 0.1) is 13.8 Å². The molecule has 0 aliphatic carbocycles. The van der Waals surface area contributed by atoms with Gasteiger partial charge in [-0.05, 0) is 72.5 Å². The van der Waals surface area contributed by atoms with Crippen molar-refractivity contribution in [1.82, 2.24) is 0 Å². The first-order valence-electron chi connectivity index (χ1n) is 11.6. The van der Waals surface area contributed by atoms with Gasteiger partial charge in [0.2, 0.25) is 0 Å². The Bertz CT molecular complexity index is 1510. The number of para-hydroxylation sites is 1. The minimum absolute atomic E-state index is 0.145. The first-order valence-corrected chi connectivity index (χ1v) is 14.0. The van der Waals surface area contributed by atoms with Crippen LogP contribution in [-0.2, 0) is 26.9 Å².